The highest BCUT2D eigenvalue weighted by atomic mass is 32.1. The van der Waals surface area contributed by atoms with E-state index in [9.17, 15) is 9.59 Å². The number of carboxylic acid groups (broad SMARTS) is 1. The van der Waals surface area contributed by atoms with Crippen LogP contribution in [-0.2, 0) is 0 Å². The summed E-state index contributed by atoms with van der Waals surface area (Å²) in [6.45, 7) is 3.39. The Balaban J connectivity index is 2.49. The number of anilines is 1. The topological polar surface area (TPSA) is 92.4 Å². The molecule has 7 heteroatoms. The number of nitrogens with one attached hydrogen (secondary N) is 1. The molecule has 6 nitrogen and oxygen atoms in total. The van der Waals surface area contributed by atoms with Crippen molar-refractivity contribution in [3.8, 4) is 11.5 Å². The number of carbonyl (C=O) groups excluding carboxylic acids is 1. The standard InChI is InChI=1S/C11H8N2O4S/c1-2-6(14)9-8(7-4-3-5-17-7)12-10(18-9)13-11(15)16/h2-5H,1H2,(H,12,13)(H,15,16). The van der Waals surface area contributed by atoms with Crippen LogP contribution in [-0.4, -0.2) is 22.0 Å². The average molecular weight is 264 g/mol. The van der Waals surface area contributed by atoms with Gasteiger partial charge in [0.25, 0.3) is 0 Å². The first-order chi connectivity index (χ1) is 8.61. The van der Waals surface area contributed by atoms with Gasteiger partial charge < -0.3 is 9.52 Å². The van der Waals surface area contributed by atoms with Crippen LogP contribution in [0, 0.1) is 0 Å². The van der Waals surface area contributed by atoms with Gasteiger partial charge in [0.05, 0.1) is 6.26 Å². The molecule has 0 aliphatic heterocycles. The van der Waals surface area contributed by atoms with Crippen LogP contribution in [0.5, 0.6) is 0 Å². The van der Waals surface area contributed by atoms with Crippen LogP contribution in [0.3, 0.4) is 0 Å². The first-order valence-electron chi connectivity index (χ1n) is 4.83. The number of amides is 1. The molecule has 0 saturated carbocycles. The Morgan fingerprint density at radius 2 is 2.33 bits per heavy atom. The summed E-state index contributed by atoms with van der Waals surface area (Å²) in [6, 6.07) is 3.29. The fourth-order valence-corrected chi connectivity index (χ4v) is 2.20. The molecule has 0 aromatic carbocycles. The van der Waals surface area contributed by atoms with Crippen molar-refractivity contribution in [3.05, 3.63) is 35.9 Å². The molecule has 18 heavy (non-hydrogen) atoms. The van der Waals surface area contributed by atoms with Gasteiger partial charge in [0.15, 0.2) is 16.7 Å². The van der Waals surface area contributed by atoms with Gasteiger partial charge in [-0.1, -0.05) is 17.9 Å². The lowest BCUT2D eigenvalue weighted by Gasteiger charge is -1.93. The summed E-state index contributed by atoms with van der Waals surface area (Å²) in [5, 5.41) is 10.8. The second kappa shape index (κ2) is 4.84. The molecule has 0 unspecified atom stereocenters. The highest BCUT2D eigenvalue weighted by Gasteiger charge is 2.20. The smallest absolute Gasteiger partial charge is 0.410 e. The van der Waals surface area contributed by atoms with E-state index in [0.717, 1.165) is 17.4 Å². The predicted octanol–water partition coefficient (Wildman–Crippen LogP) is 2.86. The van der Waals surface area contributed by atoms with Gasteiger partial charge in [-0.05, 0) is 18.2 Å². The molecule has 1 amide bonds. The fourth-order valence-electron chi connectivity index (χ4n) is 1.31. The Morgan fingerprint density at radius 1 is 1.56 bits per heavy atom. The van der Waals surface area contributed by atoms with E-state index in [2.05, 4.69) is 16.9 Å². The molecule has 0 aliphatic rings. The third-order valence-corrected chi connectivity index (χ3v) is 2.99. The summed E-state index contributed by atoms with van der Waals surface area (Å²) >= 11 is 0.935. The van der Waals surface area contributed by atoms with E-state index >= 15 is 0 Å². The van der Waals surface area contributed by atoms with Crippen molar-refractivity contribution < 1.29 is 19.1 Å². The molecule has 0 saturated heterocycles. The molecular formula is C11H8N2O4S. The van der Waals surface area contributed by atoms with E-state index in [1.54, 1.807) is 12.1 Å². The monoisotopic (exact) mass is 264 g/mol. The lowest BCUT2D eigenvalue weighted by molar-refractivity contribution is 0.105. The van der Waals surface area contributed by atoms with Gasteiger partial charge >= 0.3 is 6.09 Å². The SMILES string of the molecule is C=CC(=O)c1sc(NC(=O)O)nc1-c1ccco1. The number of aromatic nitrogens is 1. The molecule has 2 heterocycles. The number of nitrogens with zero attached hydrogens (tertiary/aromatic N) is 1. The molecule has 2 aromatic heterocycles. The molecule has 2 N–H and O–H groups in total. The second-order valence-electron chi connectivity index (χ2n) is 3.17. The molecule has 0 bridgehead atoms. The lowest BCUT2D eigenvalue weighted by Crippen LogP contribution is -2.06. The largest absolute Gasteiger partial charge is 0.465 e. The molecule has 0 radical (unpaired) electrons. The van der Waals surface area contributed by atoms with Gasteiger partial charge in [-0.25, -0.2) is 9.78 Å². The number of ketones is 1. The normalized spacial score (nSPS) is 10.0. The third kappa shape index (κ3) is 2.30. The molecular weight excluding hydrogens is 256 g/mol. The third-order valence-electron chi connectivity index (χ3n) is 2.00. The van der Waals surface area contributed by atoms with Gasteiger partial charge in [0.2, 0.25) is 0 Å². The first-order valence-corrected chi connectivity index (χ1v) is 5.65. The van der Waals surface area contributed by atoms with Crippen molar-refractivity contribution in [1.82, 2.24) is 4.98 Å². The number of hydrogen-bond acceptors (Lipinski definition) is 5. The number of furan rings is 1. The Labute approximate surface area is 106 Å². The van der Waals surface area contributed by atoms with Crippen molar-refractivity contribution in [1.29, 1.82) is 0 Å². The summed E-state index contributed by atoms with van der Waals surface area (Å²) in [4.78, 5) is 26.5. The minimum atomic E-state index is -1.24. The van der Waals surface area contributed by atoms with Crippen molar-refractivity contribution >= 4 is 28.3 Å². The Kier molecular flexibility index (Phi) is 3.24. The van der Waals surface area contributed by atoms with Crippen LogP contribution in [0.2, 0.25) is 0 Å². The number of rotatable bonds is 4. The van der Waals surface area contributed by atoms with E-state index < -0.39 is 6.09 Å². The molecule has 92 valence electrons. The van der Waals surface area contributed by atoms with Crippen molar-refractivity contribution in [2.75, 3.05) is 5.32 Å². The molecule has 0 fully saturated rings. The number of carbonyl (C=O) groups is 2. The van der Waals surface area contributed by atoms with Crippen LogP contribution in [0.1, 0.15) is 9.67 Å². The van der Waals surface area contributed by atoms with Crippen molar-refractivity contribution in [2.45, 2.75) is 0 Å². The Hall–Kier alpha value is -2.41. The van der Waals surface area contributed by atoms with Gasteiger partial charge in [-0.3, -0.25) is 10.1 Å². The average Bonchev–Trinajstić information content (AvgIpc) is 2.95. The summed E-state index contributed by atoms with van der Waals surface area (Å²) in [5.74, 6) is 0.0622. The summed E-state index contributed by atoms with van der Waals surface area (Å²) in [5.41, 5.74) is 0.304. The van der Waals surface area contributed by atoms with Gasteiger partial charge in [-0.2, -0.15) is 0 Å². The van der Waals surface area contributed by atoms with E-state index in [1.807, 2.05) is 0 Å². The summed E-state index contributed by atoms with van der Waals surface area (Å²) in [7, 11) is 0. The minimum absolute atomic E-state index is 0.110. The predicted molar refractivity (Wildman–Crippen MR) is 66.0 cm³/mol. The van der Waals surface area contributed by atoms with Crippen LogP contribution >= 0.6 is 11.3 Å². The van der Waals surface area contributed by atoms with Crippen LogP contribution in [0.4, 0.5) is 9.93 Å². The maximum atomic E-state index is 11.7. The second-order valence-corrected chi connectivity index (χ2v) is 4.17. The minimum Gasteiger partial charge on any atom is -0.465 e. The van der Waals surface area contributed by atoms with E-state index in [0.29, 0.717) is 11.5 Å². The fraction of sp³-hybridized carbons (Fsp3) is 0. The van der Waals surface area contributed by atoms with Gasteiger partial charge in [-0.15, -0.1) is 0 Å². The van der Waals surface area contributed by atoms with E-state index in [4.69, 9.17) is 9.52 Å². The quantitative estimate of drug-likeness (QED) is 0.654. The van der Waals surface area contributed by atoms with E-state index in [1.165, 1.54) is 6.26 Å². The number of allylic oxidation sites excluding steroid dienone is 1. The molecule has 0 aliphatic carbocycles. The van der Waals surface area contributed by atoms with Crippen molar-refractivity contribution in [2.24, 2.45) is 0 Å². The molecule has 0 spiro atoms. The maximum Gasteiger partial charge on any atom is 0.410 e. The highest BCUT2D eigenvalue weighted by Crippen LogP contribution is 2.31. The summed E-state index contributed by atoms with van der Waals surface area (Å²) < 4.78 is 5.16. The zero-order valence-corrected chi connectivity index (χ0v) is 9.86. The number of thiazole rings is 1. The van der Waals surface area contributed by atoms with Crippen LogP contribution < -0.4 is 5.32 Å². The number of hydrogen-bond donors (Lipinski definition) is 2. The zero-order chi connectivity index (χ0) is 13.1. The first kappa shape index (κ1) is 12.1. The summed E-state index contributed by atoms with van der Waals surface area (Å²) in [6.07, 6.45) is 1.35. The van der Waals surface area contributed by atoms with Crippen LogP contribution in [0.25, 0.3) is 11.5 Å². The van der Waals surface area contributed by atoms with Crippen molar-refractivity contribution in [3.63, 3.8) is 0 Å². The maximum absolute atomic E-state index is 11.7. The zero-order valence-electron chi connectivity index (χ0n) is 9.04. The Bertz CT molecular complexity index is 601. The lowest BCUT2D eigenvalue weighted by atomic mass is 10.2. The van der Waals surface area contributed by atoms with Crippen LogP contribution in [0.15, 0.2) is 35.5 Å². The molecule has 0 atom stereocenters. The van der Waals surface area contributed by atoms with E-state index in [-0.39, 0.29) is 15.8 Å². The molecule has 2 aromatic rings. The van der Waals surface area contributed by atoms with Gasteiger partial charge in [0, 0.05) is 0 Å². The van der Waals surface area contributed by atoms with Gasteiger partial charge in [0.1, 0.15) is 10.6 Å². The Morgan fingerprint density at radius 3 is 2.89 bits per heavy atom. The highest BCUT2D eigenvalue weighted by molar-refractivity contribution is 7.18. The molecule has 2 rings (SSSR count).